The van der Waals surface area contributed by atoms with Crippen LogP contribution in [-0.2, 0) is 22.4 Å². The Kier molecular flexibility index (Phi) is 5.06. The van der Waals surface area contributed by atoms with Crippen LogP contribution in [0, 0.1) is 5.92 Å². The van der Waals surface area contributed by atoms with E-state index >= 15 is 0 Å². The van der Waals surface area contributed by atoms with E-state index in [1.54, 1.807) is 28.0 Å². The summed E-state index contributed by atoms with van der Waals surface area (Å²) < 4.78 is 8.04. The van der Waals surface area contributed by atoms with Crippen molar-refractivity contribution in [3.8, 4) is 10.9 Å². The van der Waals surface area contributed by atoms with Gasteiger partial charge in [-0.2, -0.15) is 9.78 Å². The second kappa shape index (κ2) is 8.25. The lowest BCUT2D eigenvalue weighted by molar-refractivity contribution is -0.122. The molecule has 4 aromatic rings. The molecule has 6 rings (SSSR count). The van der Waals surface area contributed by atoms with Crippen LogP contribution in [0.15, 0.2) is 48.5 Å². The van der Waals surface area contributed by atoms with Gasteiger partial charge in [0.05, 0.1) is 28.9 Å². The zero-order chi connectivity index (χ0) is 23.2. The lowest BCUT2D eigenvalue weighted by Crippen LogP contribution is -2.28. The minimum absolute atomic E-state index is 0.0600. The van der Waals surface area contributed by atoms with Gasteiger partial charge in [0.2, 0.25) is 16.9 Å². The van der Waals surface area contributed by atoms with Crippen LogP contribution in [0.25, 0.3) is 15.3 Å². The van der Waals surface area contributed by atoms with E-state index in [-0.39, 0.29) is 18.2 Å². The number of hydrogen-bond acceptors (Lipinski definition) is 6. The molecule has 1 aliphatic carbocycles. The number of anilines is 2. The Hall–Kier alpha value is -3.72. The Labute approximate surface area is 200 Å². The summed E-state index contributed by atoms with van der Waals surface area (Å²) in [7, 11) is 1.60. The van der Waals surface area contributed by atoms with Gasteiger partial charge in [-0.05, 0) is 55.7 Å². The molecule has 0 spiro atoms. The highest BCUT2D eigenvalue weighted by Crippen LogP contribution is 2.35. The van der Waals surface area contributed by atoms with Crippen LogP contribution in [0.3, 0.4) is 0 Å². The predicted molar refractivity (Wildman–Crippen MR) is 131 cm³/mol. The highest BCUT2D eigenvalue weighted by Gasteiger charge is 2.36. The van der Waals surface area contributed by atoms with Crippen molar-refractivity contribution in [2.75, 3.05) is 23.9 Å². The van der Waals surface area contributed by atoms with Crippen LogP contribution in [-0.4, -0.2) is 40.2 Å². The number of aromatic nitrogens is 3. The lowest BCUT2D eigenvalue weighted by Gasteiger charge is -2.17. The summed E-state index contributed by atoms with van der Waals surface area (Å²) in [5.74, 6) is 0.746. The number of methoxy groups -OCH3 is 1. The van der Waals surface area contributed by atoms with Crippen molar-refractivity contribution in [1.82, 2.24) is 14.8 Å². The molecule has 1 atom stereocenters. The van der Waals surface area contributed by atoms with Gasteiger partial charge < -0.3 is 15.0 Å². The molecule has 2 aromatic carbocycles. The Morgan fingerprint density at radius 1 is 1.15 bits per heavy atom. The van der Waals surface area contributed by atoms with Gasteiger partial charge in [0.1, 0.15) is 11.6 Å². The fourth-order valence-corrected chi connectivity index (χ4v) is 5.65. The molecule has 0 bridgehead atoms. The minimum Gasteiger partial charge on any atom is -0.497 e. The molecule has 2 aliphatic rings. The summed E-state index contributed by atoms with van der Waals surface area (Å²) >= 11 is 1.55. The standard InChI is InChI=1S/C25H23N5O3S/c1-33-17-11-9-16(10-12-17)29-14-15(13-22(29)31)24(32)27-23-18-5-4-7-19(18)28-30(23)25-26-20-6-2-3-8-21(20)34-25/h2-3,6,8-12,15H,4-5,7,13-14H2,1H3,(H,27,32). The van der Waals surface area contributed by atoms with Crippen LogP contribution < -0.4 is 15.0 Å². The van der Waals surface area contributed by atoms with Crippen molar-refractivity contribution in [3.63, 3.8) is 0 Å². The average molecular weight is 474 g/mol. The fourth-order valence-electron chi connectivity index (χ4n) is 4.72. The van der Waals surface area contributed by atoms with E-state index in [0.29, 0.717) is 12.4 Å². The van der Waals surface area contributed by atoms with E-state index in [0.717, 1.165) is 57.3 Å². The molecule has 0 saturated carbocycles. The number of benzene rings is 2. The molecule has 9 heteroatoms. The van der Waals surface area contributed by atoms with Gasteiger partial charge in [-0.1, -0.05) is 23.5 Å². The molecule has 1 aliphatic heterocycles. The number of aryl methyl sites for hydroxylation is 1. The fraction of sp³-hybridized carbons (Fsp3) is 0.280. The van der Waals surface area contributed by atoms with Gasteiger partial charge in [0, 0.05) is 24.2 Å². The van der Waals surface area contributed by atoms with Crippen LogP contribution in [0.1, 0.15) is 24.1 Å². The summed E-state index contributed by atoms with van der Waals surface area (Å²) in [5.41, 5.74) is 3.76. The smallest absolute Gasteiger partial charge is 0.230 e. The molecular formula is C25H23N5O3S. The van der Waals surface area contributed by atoms with Crippen molar-refractivity contribution < 1.29 is 14.3 Å². The lowest BCUT2D eigenvalue weighted by atomic mass is 10.1. The number of nitrogens with one attached hydrogen (secondary N) is 1. The van der Waals surface area contributed by atoms with E-state index in [2.05, 4.69) is 5.32 Å². The monoisotopic (exact) mass is 473 g/mol. The van der Waals surface area contributed by atoms with E-state index in [4.69, 9.17) is 14.8 Å². The molecular weight excluding hydrogens is 450 g/mol. The van der Waals surface area contributed by atoms with Gasteiger partial charge in [0.15, 0.2) is 0 Å². The van der Waals surface area contributed by atoms with Gasteiger partial charge in [-0.15, -0.1) is 0 Å². The first kappa shape index (κ1) is 20.9. The average Bonchev–Trinajstić information content (AvgIpc) is 3.62. The second-order valence-corrected chi connectivity index (χ2v) is 9.61. The Morgan fingerprint density at radius 2 is 1.97 bits per heavy atom. The molecule has 34 heavy (non-hydrogen) atoms. The number of para-hydroxylation sites is 1. The van der Waals surface area contributed by atoms with E-state index in [9.17, 15) is 9.59 Å². The largest absolute Gasteiger partial charge is 0.497 e. The van der Waals surface area contributed by atoms with Crippen molar-refractivity contribution >= 4 is 44.9 Å². The van der Waals surface area contributed by atoms with E-state index in [1.807, 2.05) is 48.5 Å². The number of amides is 2. The molecule has 0 radical (unpaired) electrons. The third kappa shape index (κ3) is 3.52. The topological polar surface area (TPSA) is 89.3 Å². The number of rotatable bonds is 5. The summed E-state index contributed by atoms with van der Waals surface area (Å²) in [6.45, 7) is 0.342. The molecule has 1 N–H and O–H groups in total. The molecule has 1 unspecified atom stereocenters. The second-order valence-electron chi connectivity index (χ2n) is 8.60. The summed E-state index contributed by atoms with van der Waals surface area (Å²) in [5, 5.41) is 8.64. The number of nitrogens with zero attached hydrogens (tertiary/aromatic N) is 4. The number of hydrogen-bond donors (Lipinski definition) is 1. The SMILES string of the molecule is COc1ccc(N2CC(C(=O)Nc3c4c(nn3-c3nc5ccccc5s3)CCC4)CC2=O)cc1. The molecule has 8 nitrogen and oxygen atoms in total. The highest BCUT2D eigenvalue weighted by molar-refractivity contribution is 7.20. The van der Waals surface area contributed by atoms with Crippen LogP contribution in [0.2, 0.25) is 0 Å². The highest BCUT2D eigenvalue weighted by atomic mass is 32.1. The number of ether oxygens (including phenoxy) is 1. The van der Waals surface area contributed by atoms with Gasteiger partial charge in [-0.25, -0.2) is 4.98 Å². The third-order valence-corrected chi connectivity index (χ3v) is 7.50. The zero-order valence-electron chi connectivity index (χ0n) is 18.7. The van der Waals surface area contributed by atoms with Crippen LogP contribution in [0.5, 0.6) is 5.75 Å². The van der Waals surface area contributed by atoms with E-state index in [1.165, 1.54) is 0 Å². The van der Waals surface area contributed by atoms with Crippen molar-refractivity contribution in [2.45, 2.75) is 25.7 Å². The maximum absolute atomic E-state index is 13.3. The summed E-state index contributed by atoms with van der Waals surface area (Å²) in [6, 6.07) is 15.3. The van der Waals surface area contributed by atoms with Crippen molar-refractivity contribution in [1.29, 1.82) is 0 Å². The van der Waals surface area contributed by atoms with Gasteiger partial charge in [0.25, 0.3) is 0 Å². The number of carbonyl (C=O) groups excluding carboxylic acids is 2. The van der Waals surface area contributed by atoms with Gasteiger partial charge in [-0.3, -0.25) is 9.59 Å². The number of fused-ring (bicyclic) bond motifs is 2. The Morgan fingerprint density at radius 3 is 2.76 bits per heavy atom. The van der Waals surface area contributed by atoms with Crippen LogP contribution in [0.4, 0.5) is 11.5 Å². The Bertz CT molecular complexity index is 1370. The zero-order valence-corrected chi connectivity index (χ0v) is 19.5. The predicted octanol–water partition coefficient (Wildman–Crippen LogP) is 3.97. The Balaban J connectivity index is 1.26. The molecule has 2 amide bonds. The maximum Gasteiger partial charge on any atom is 0.230 e. The van der Waals surface area contributed by atoms with Crippen LogP contribution >= 0.6 is 11.3 Å². The molecule has 172 valence electrons. The third-order valence-electron chi connectivity index (χ3n) is 6.49. The summed E-state index contributed by atoms with van der Waals surface area (Å²) in [4.78, 5) is 32.4. The first-order chi connectivity index (χ1) is 16.6. The summed E-state index contributed by atoms with van der Waals surface area (Å²) in [6.07, 6.45) is 2.96. The molecule has 2 aromatic heterocycles. The normalized spacial score (nSPS) is 17.4. The van der Waals surface area contributed by atoms with Gasteiger partial charge >= 0.3 is 0 Å². The maximum atomic E-state index is 13.3. The first-order valence-electron chi connectivity index (χ1n) is 11.3. The minimum atomic E-state index is -0.439. The quantitative estimate of drug-likeness (QED) is 0.474. The molecule has 1 fully saturated rings. The van der Waals surface area contributed by atoms with E-state index < -0.39 is 5.92 Å². The molecule has 1 saturated heterocycles. The van der Waals surface area contributed by atoms with Crippen molar-refractivity contribution in [2.24, 2.45) is 5.92 Å². The first-order valence-corrected chi connectivity index (χ1v) is 12.1. The number of thiazole rings is 1. The molecule has 3 heterocycles. The van der Waals surface area contributed by atoms with Crippen molar-refractivity contribution in [3.05, 3.63) is 59.8 Å². The number of carbonyl (C=O) groups is 2.